The van der Waals surface area contributed by atoms with Gasteiger partial charge in [-0.15, -0.1) is 0 Å². The van der Waals surface area contributed by atoms with Gasteiger partial charge in [0.1, 0.15) is 5.82 Å². The van der Waals surface area contributed by atoms with Gasteiger partial charge in [-0.05, 0) is 18.6 Å². The van der Waals surface area contributed by atoms with Crippen LogP contribution in [0.15, 0.2) is 24.4 Å². The molecule has 1 fully saturated rings. The Morgan fingerprint density at radius 1 is 1.36 bits per heavy atom. The number of aliphatic hydroxyl groups is 1. The zero-order valence-electron chi connectivity index (χ0n) is 13.2. The van der Waals surface area contributed by atoms with Crippen LogP contribution in [0.4, 0.5) is 5.82 Å². The van der Waals surface area contributed by atoms with Crippen LogP contribution in [0, 0.1) is 0 Å². The van der Waals surface area contributed by atoms with Crippen molar-refractivity contribution in [1.29, 1.82) is 0 Å². The van der Waals surface area contributed by atoms with Crippen molar-refractivity contribution in [2.75, 3.05) is 44.2 Å². The summed E-state index contributed by atoms with van der Waals surface area (Å²) >= 11 is 0. The van der Waals surface area contributed by atoms with Gasteiger partial charge in [-0.3, -0.25) is 9.69 Å². The minimum absolute atomic E-state index is 0.0126. The number of amides is 1. The molecule has 6 heteroatoms. The number of nitrogens with one attached hydrogen (secondary N) is 1. The van der Waals surface area contributed by atoms with Crippen molar-refractivity contribution < 1.29 is 9.90 Å². The largest absolute Gasteiger partial charge is 0.391 e. The van der Waals surface area contributed by atoms with Gasteiger partial charge in [0.15, 0.2) is 0 Å². The topological polar surface area (TPSA) is 68.7 Å². The summed E-state index contributed by atoms with van der Waals surface area (Å²) in [5, 5.41) is 12.4. The number of nitrogens with zero attached hydrogens (tertiary/aromatic N) is 3. The molecule has 0 aromatic carbocycles. The highest BCUT2D eigenvalue weighted by molar-refractivity contribution is 5.78. The van der Waals surface area contributed by atoms with Gasteiger partial charge >= 0.3 is 0 Å². The van der Waals surface area contributed by atoms with Gasteiger partial charge in [0.25, 0.3) is 0 Å². The highest BCUT2D eigenvalue weighted by Gasteiger charge is 2.19. The molecular formula is C16H26N4O2. The standard InChI is InChI=1S/C16H26N4O2/c1-2-5-14(21)12-18-16(22)13-19-8-10-20(11-9-19)15-6-3-4-7-17-15/h3-4,6-7,14,21H,2,5,8-13H2,1H3,(H,18,22). The lowest BCUT2D eigenvalue weighted by molar-refractivity contribution is -0.122. The summed E-state index contributed by atoms with van der Waals surface area (Å²) < 4.78 is 0. The molecule has 6 nitrogen and oxygen atoms in total. The molecule has 1 unspecified atom stereocenters. The first-order valence-corrected chi connectivity index (χ1v) is 8.02. The van der Waals surface area contributed by atoms with Gasteiger partial charge in [0.2, 0.25) is 5.91 Å². The normalized spacial score (nSPS) is 17.3. The monoisotopic (exact) mass is 306 g/mol. The lowest BCUT2D eigenvalue weighted by atomic mass is 10.2. The first kappa shape index (κ1) is 16.7. The fourth-order valence-electron chi connectivity index (χ4n) is 2.60. The van der Waals surface area contributed by atoms with Crippen LogP contribution in [0.2, 0.25) is 0 Å². The molecule has 1 atom stereocenters. The number of carbonyl (C=O) groups is 1. The van der Waals surface area contributed by atoms with E-state index in [4.69, 9.17) is 0 Å². The highest BCUT2D eigenvalue weighted by atomic mass is 16.3. The summed E-state index contributed by atoms with van der Waals surface area (Å²) in [6, 6.07) is 5.91. The molecule has 0 saturated carbocycles. The van der Waals surface area contributed by atoms with E-state index < -0.39 is 6.10 Å². The number of carbonyl (C=O) groups excluding carboxylic acids is 1. The van der Waals surface area contributed by atoms with E-state index in [2.05, 4.69) is 20.1 Å². The fourth-order valence-corrected chi connectivity index (χ4v) is 2.60. The van der Waals surface area contributed by atoms with Crippen LogP contribution < -0.4 is 10.2 Å². The van der Waals surface area contributed by atoms with E-state index >= 15 is 0 Å². The molecule has 122 valence electrons. The molecular weight excluding hydrogens is 280 g/mol. The predicted octanol–water partition coefficient (Wildman–Crippen LogP) is 0.481. The SMILES string of the molecule is CCCC(O)CNC(=O)CN1CCN(c2ccccn2)CC1. The smallest absolute Gasteiger partial charge is 0.234 e. The maximum Gasteiger partial charge on any atom is 0.234 e. The van der Waals surface area contributed by atoms with Crippen molar-refractivity contribution in [2.24, 2.45) is 0 Å². The molecule has 1 aromatic rings. The van der Waals surface area contributed by atoms with E-state index in [-0.39, 0.29) is 5.91 Å². The van der Waals surface area contributed by atoms with Crippen LogP contribution in [0.1, 0.15) is 19.8 Å². The number of pyridine rings is 1. The summed E-state index contributed by atoms with van der Waals surface area (Å²) in [6.07, 6.45) is 3.02. The second-order valence-corrected chi connectivity index (χ2v) is 5.70. The number of hydrogen-bond acceptors (Lipinski definition) is 5. The zero-order chi connectivity index (χ0) is 15.8. The lowest BCUT2D eigenvalue weighted by Gasteiger charge is -2.35. The van der Waals surface area contributed by atoms with Crippen molar-refractivity contribution >= 4 is 11.7 Å². The number of piperazine rings is 1. The fraction of sp³-hybridized carbons (Fsp3) is 0.625. The Bertz CT molecular complexity index is 447. The molecule has 0 radical (unpaired) electrons. The second-order valence-electron chi connectivity index (χ2n) is 5.70. The van der Waals surface area contributed by atoms with E-state index in [0.29, 0.717) is 13.1 Å². The Morgan fingerprint density at radius 3 is 2.77 bits per heavy atom. The Balaban J connectivity index is 1.68. The molecule has 2 heterocycles. The average molecular weight is 306 g/mol. The Hall–Kier alpha value is -1.66. The van der Waals surface area contributed by atoms with Gasteiger partial charge in [0, 0.05) is 38.9 Å². The molecule has 1 aliphatic heterocycles. The maximum absolute atomic E-state index is 11.9. The van der Waals surface area contributed by atoms with Crippen molar-refractivity contribution in [3.63, 3.8) is 0 Å². The van der Waals surface area contributed by atoms with Gasteiger partial charge in [0.05, 0.1) is 12.6 Å². The molecule has 2 rings (SSSR count). The zero-order valence-corrected chi connectivity index (χ0v) is 13.2. The predicted molar refractivity (Wildman–Crippen MR) is 86.8 cm³/mol. The van der Waals surface area contributed by atoms with Gasteiger partial charge < -0.3 is 15.3 Å². The molecule has 0 bridgehead atoms. The molecule has 22 heavy (non-hydrogen) atoms. The molecule has 2 N–H and O–H groups in total. The Morgan fingerprint density at radius 2 is 2.14 bits per heavy atom. The number of aliphatic hydroxyl groups excluding tert-OH is 1. The van der Waals surface area contributed by atoms with Crippen molar-refractivity contribution in [2.45, 2.75) is 25.9 Å². The van der Waals surface area contributed by atoms with Gasteiger partial charge in [-0.2, -0.15) is 0 Å². The minimum Gasteiger partial charge on any atom is -0.391 e. The van der Waals surface area contributed by atoms with Crippen molar-refractivity contribution in [3.8, 4) is 0 Å². The molecule has 1 saturated heterocycles. The average Bonchev–Trinajstić information content (AvgIpc) is 2.55. The molecule has 1 aromatic heterocycles. The van der Waals surface area contributed by atoms with Crippen LogP contribution in [-0.4, -0.2) is 66.3 Å². The summed E-state index contributed by atoms with van der Waals surface area (Å²) in [4.78, 5) is 20.6. The van der Waals surface area contributed by atoms with Crippen LogP contribution >= 0.6 is 0 Å². The number of hydrogen-bond donors (Lipinski definition) is 2. The Labute approximate surface area is 132 Å². The van der Waals surface area contributed by atoms with E-state index in [1.807, 2.05) is 25.1 Å². The van der Waals surface area contributed by atoms with E-state index in [9.17, 15) is 9.90 Å². The first-order chi connectivity index (χ1) is 10.7. The lowest BCUT2D eigenvalue weighted by Crippen LogP contribution is -2.50. The van der Waals surface area contributed by atoms with Gasteiger partial charge in [-0.25, -0.2) is 4.98 Å². The minimum atomic E-state index is -0.435. The maximum atomic E-state index is 11.9. The number of aromatic nitrogens is 1. The summed E-state index contributed by atoms with van der Waals surface area (Å²) in [7, 11) is 0. The summed E-state index contributed by atoms with van der Waals surface area (Å²) in [5.74, 6) is 0.982. The molecule has 0 aliphatic carbocycles. The second kappa shape index (κ2) is 8.70. The third kappa shape index (κ3) is 5.27. The molecule has 1 amide bonds. The van der Waals surface area contributed by atoms with Crippen molar-refractivity contribution in [3.05, 3.63) is 24.4 Å². The van der Waals surface area contributed by atoms with E-state index in [1.165, 1.54) is 0 Å². The van der Waals surface area contributed by atoms with Crippen LogP contribution in [0.5, 0.6) is 0 Å². The number of rotatable bonds is 7. The van der Waals surface area contributed by atoms with E-state index in [1.54, 1.807) is 6.20 Å². The third-order valence-corrected chi connectivity index (χ3v) is 3.87. The van der Waals surface area contributed by atoms with E-state index in [0.717, 1.165) is 44.8 Å². The molecule has 1 aliphatic rings. The van der Waals surface area contributed by atoms with Gasteiger partial charge in [-0.1, -0.05) is 19.4 Å². The summed E-state index contributed by atoms with van der Waals surface area (Å²) in [6.45, 7) is 6.22. The third-order valence-electron chi connectivity index (χ3n) is 3.87. The molecule has 0 spiro atoms. The quantitative estimate of drug-likeness (QED) is 0.767. The first-order valence-electron chi connectivity index (χ1n) is 8.02. The van der Waals surface area contributed by atoms with Crippen LogP contribution in [-0.2, 0) is 4.79 Å². The summed E-state index contributed by atoms with van der Waals surface area (Å²) in [5.41, 5.74) is 0. The number of anilines is 1. The highest BCUT2D eigenvalue weighted by Crippen LogP contribution is 2.12. The Kier molecular flexibility index (Phi) is 6.61. The van der Waals surface area contributed by atoms with Crippen molar-refractivity contribution in [1.82, 2.24) is 15.2 Å². The van der Waals surface area contributed by atoms with Crippen LogP contribution in [0.25, 0.3) is 0 Å². The van der Waals surface area contributed by atoms with Crippen LogP contribution in [0.3, 0.4) is 0 Å².